The molecule has 1 aromatic carbocycles. The maximum atomic E-state index is 12.0. The predicted octanol–water partition coefficient (Wildman–Crippen LogP) is 2.65. The van der Waals surface area contributed by atoms with Crippen molar-refractivity contribution in [1.82, 2.24) is 19.7 Å². The molecule has 0 amide bonds. The van der Waals surface area contributed by atoms with E-state index in [0.29, 0.717) is 10.9 Å². The van der Waals surface area contributed by atoms with Gasteiger partial charge in [0.05, 0.1) is 5.52 Å². The maximum Gasteiger partial charge on any atom is 0.325 e. The highest BCUT2D eigenvalue weighted by molar-refractivity contribution is 6.06. The highest BCUT2D eigenvalue weighted by atomic mass is 16.4. The summed E-state index contributed by atoms with van der Waals surface area (Å²) in [7, 11) is 0. The molecule has 2 heterocycles. The second-order valence-corrected chi connectivity index (χ2v) is 5.89. The first-order valence-corrected chi connectivity index (χ1v) is 7.96. The first-order valence-electron chi connectivity index (χ1n) is 7.96. The molecule has 0 aliphatic rings. The van der Waals surface area contributed by atoms with E-state index in [2.05, 4.69) is 15.1 Å². The average molecular weight is 338 g/mol. The van der Waals surface area contributed by atoms with Crippen molar-refractivity contribution in [3.8, 4) is 11.1 Å². The van der Waals surface area contributed by atoms with Crippen molar-refractivity contribution >= 4 is 22.7 Å². The number of carbonyl (C=O) groups excluding carboxylic acids is 1. The number of hydrogen-bond donors (Lipinski definition) is 1. The Hall–Kier alpha value is -3.09. The molecule has 0 saturated carbocycles. The minimum absolute atomic E-state index is 0.205. The SMILES string of the molecule is CCc1ncc(-c2cc(C)c3c(c2)c(C(C)=O)nn3CC(=O)O)cn1. The molecule has 128 valence electrons. The third-order valence-corrected chi connectivity index (χ3v) is 4.01. The fourth-order valence-electron chi connectivity index (χ4n) is 2.88. The summed E-state index contributed by atoms with van der Waals surface area (Å²) in [4.78, 5) is 31.7. The van der Waals surface area contributed by atoms with Gasteiger partial charge in [-0.3, -0.25) is 14.3 Å². The molecule has 25 heavy (non-hydrogen) atoms. The van der Waals surface area contributed by atoms with Crippen molar-refractivity contribution in [3.05, 3.63) is 41.6 Å². The number of aromatic nitrogens is 4. The number of hydrogen-bond acceptors (Lipinski definition) is 5. The van der Waals surface area contributed by atoms with Crippen LogP contribution in [0.15, 0.2) is 24.5 Å². The zero-order valence-corrected chi connectivity index (χ0v) is 14.3. The second-order valence-electron chi connectivity index (χ2n) is 5.89. The first kappa shape index (κ1) is 16.8. The molecule has 3 aromatic rings. The van der Waals surface area contributed by atoms with Crippen LogP contribution in [-0.4, -0.2) is 36.6 Å². The van der Waals surface area contributed by atoms with Crippen molar-refractivity contribution in [2.45, 2.75) is 33.7 Å². The van der Waals surface area contributed by atoms with E-state index in [4.69, 9.17) is 5.11 Å². The van der Waals surface area contributed by atoms with Gasteiger partial charge in [0.1, 0.15) is 18.1 Å². The Kier molecular flexibility index (Phi) is 4.31. The molecule has 7 nitrogen and oxygen atoms in total. The number of fused-ring (bicyclic) bond motifs is 1. The molecule has 7 heteroatoms. The smallest absolute Gasteiger partial charge is 0.325 e. The van der Waals surface area contributed by atoms with Gasteiger partial charge >= 0.3 is 5.97 Å². The molecule has 0 atom stereocenters. The lowest BCUT2D eigenvalue weighted by molar-refractivity contribution is -0.137. The minimum atomic E-state index is -1.01. The number of carboxylic acids is 1. The molecule has 0 unspecified atom stereocenters. The number of Topliss-reactive ketones (excluding diaryl/α,β-unsaturated/α-hetero) is 1. The van der Waals surface area contributed by atoms with E-state index in [0.717, 1.165) is 28.9 Å². The van der Waals surface area contributed by atoms with E-state index in [1.54, 1.807) is 12.4 Å². The van der Waals surface area contributed by atoms with Crippen LogP contribution in [0.25, 0.3) is 22.0 Å². The normalized spacial score (nSPS) is 11.0. The van der Waals surface area contributed by atoms with Gasteiger partial charge in [0.2, 0.25) is 0 Å². The number of carboxylic acid groups (broad SMARTS) is 1. The van der Waals surface area contributed by atoms with E-state index in [1.165, 1.54) is 11.6 Å². The van der Waals surface area contributed by atoms with Gasteiger partial charge in [-0.15, -0.1) is 0 Å². The fraction of sp³-hybridized carbons (Fsp3) is 0.278. The maximum absolute atomic E-state index is 12.0. The Labute approximate surface area is 144 Å². The third-order valence-electron chi connectivity index (χ3n) is 4.01. The molecule has 0 radical (unpaired) electrons. The molecule has 0 aliphatic carbocycles. The monoisotopic (exact) mass is 338 g/mol. The topological polar surface area (TPSA) is 98.0 Å². The summed E-state index contributed by atoms with van der Waals surface area (Å²) in [6.07, 6.45) is 4.26. The average Bonchev–Trinajstić information content (AvgIpc) is 2.93. The van der Waals surface area contributed by atoms with Crippen molar-refractivity contribution in [2.75, 3.05) is 0 Å². The molecular weight excluding hydrogens is 320 g/mol. The van der Waals surface area contributed by atoms with Crippen LogP contribution >= 0.6 is 0 Å². The number of aliphatic carboxylic acids is 1. The standard InChI is InChI=1S/C18H18N4O3/c1-4-15-19-7-13(8-20-15)12-5-10(2)18-14(6-12)17(11(3)23)21-22(18)9-16(24)25/h5-8H,4,9H2,1-3H3,(H,24,25). The van der Waals surface area contributed by atoms with Crippen LogP contribution in [0.5, 0.6) is 0 Å². The van der Waals surface area contributed by atoms with Crippen LogP contribution in [0.3, 0.4) is 0 Å². The molecule has 1 N–H and O–H groups in total. The number of nitrogens with zero attached hydrogens (tertiary/aromatic N) is 4. The molecule has 3 rings (SSSR count). The van der Waals surface area contributed by atoms with E-state index < -0.39 is 5.97 Å². The summed E-state index contributed by atoms with van der Waals surface area (Å²) in [6, 6.07) is 3.77. The Morgan fingerprint density at radius 1 is 1.16 bits per heavy atom. The van der Waals surface area contributed by atoms with Gasteiger partial charge in [-0.1, -0.05) is 6.92 Å². The Bertz CT molecular complexity index is 974. The summed E-state index contributed by atoms with van der Waals surface area (Å²) >= 11 is 0. The largest absolute Gasteiger partial charge is 0.480 e. The zero-order chi connectivity index (χ0) is 18.1. The molecule has 0 saturated heterocycles. The van der Waals surface area contributed by atoms with Gasteiger partial charge < -0.3 is 5.11 Å². The number of rotatable bonds is 5. The molecule has 0 bridgehead atoms. The molecular formula is C18H18N4O3. The van der Waals surface area contributed by atoms with Crippen molar-refractivity contribution < 1.29 is 14.7 Å². The number of carbonyl (C=O) groups is 2. The van der Waals surface area contributed by atoms with E-state index in [1.807, 2.05) is 26.0 Å². The lowest BCUT2D eigenvalue weighted by Crippen LogP contribution is -2.11. The molecule has 2 aromatic heterocycles. The Balaban J connectivity index is 2.21. The van der Waals surface area contributed by atoms with Crippen molar-refractivity contribution in [2.24, 2.45) is 0 Å². The zero-order valence-electron chi connectivity index (χ0n) is 14.3. The number of aryl methyl sites for hydroxylation is 2. The fourth-order valence-corrected chi connectivity index (χ4v) is 2.88. The summed E-state index contributed by atoms with van der Waals surface area (Å²) in [5.74, 6) is -0.449. The van der Waals surface area contributed by atoms with Crippen LogP contribution in [0.2, 0.25) is 0 Å². The van der Waals surface area contributed by atoms with Crippen LogP contribution in [0.4, 0.5) is 0 Å². The molecule has 0 aliphatic heterocycles. The lowest BCUT2D eigenvalue weighted by atomic mass is 10.0. The number of ketones is 1. The van der Waals surface area contributed by atoms with Gasteiger partial charge in [-0.2, -0.15) is 5.10 Å². The van der Waals surface area contributed by atoms with Crippen LogP contribution < -0.4 is 0 Å². The summed E-state index contributed by atoms with van der Waals surface area (Å²) < 4.78 is 1.37. The van der Waals surface area contributed by atoms with Gasteiger partial charge in [0.15, 0.2) is 5.78 Å². The van der Waals surface area contributed by atoms with Crippen LogP contribution in [0, 0.1) is 6.92 Å². The van der Waals surface area contributed by atoms with Crippen LogP contribution in [0.1, 0.15) is 35.7 Å². The minimum Gasteiger partial charge on any atom is -0.480 e. The highest BCUT2D eigenvalue weighted by Gasteiger charge is 2.18. The molecule has 0 spiro atoms. The van der Waals surface area contributed by atoms with E-state index >= 15 is 0 Å². The lowest BCUT2D eigenvalue weighted by Gasteiger charge is -2.07. The third kappa shape index (κ3) is 3.13. The van der Waals surface area contributed by atoms with Crippen molar-refractivity contribution in [3.63, 3.8) is 0 Å². The predicted molar refractivity (Wildman–Crippen MR) is 92.5 cm³/mol. The quantitative estimate of drug-likeness (QED) is 0.718. The van der Waals surface area contributed by atoms with Gasteiger partial charge in [0.25, 0.3) is 0 Å². The summed E-state index contributed by atoms with van der Waals surface area (Å²) in [5.41, 5.74) is 3.47. The van der Waals surface area contributed by atoms with Gasteiger partial charge in [-0.05, 0) is 30.2 Å². The van der Waals surface area contributed by atoms with E-state index in [9.17, 15) is 9.59 Å². The Morgan fingerprint density at radius 3 is 2.40 bits per heavy atom. The summed E-state index contributed by atoms with van der Waals surface area (Å²) in [5, 5.41) is 13.9. The van der Waals surface area contributed by atoms with E-state index in [-0.39, 0.29) is 18.0 Å². The van der Waals surface area contributed by atoms with Gasteiger partial charge in [0, 0.05) is 36.7 Å². The Morgan fingerprint density at radius 2 is 1.84 bits per heavy atom. The first-order chi connectivity index (χ1) is 11.9. The summed E-state index contributed by atoms with van der Waals surface area (Å²) in [6.45, 7) is 4.99. The second kappa shape index (κ2) is 6.43. The number of benzene rings is 1. The molecule has 0 fully saturated rings. The van der Waals surface area contributed by atoms with Crippen molar-refractivity contribution in [1.29, 1.82) is 0 Å². The highest BCUT2D eigenvalue weighted by Crippen LogP contribution is 2.29. The van der Waals surface area contributed by atoms with Crippen LogP contribution in [-0.2, 0) is 17.8 Å². The van der Waals surface area contributed by atoms with Gasteiger partial charge in [-0.25, -0.2) is 9.97 Å².